The summed E-state index contributed by atoms with van der Waals surface area (Å²) < 4.78 is 37.0. The van der Waals surface area contributed by atoms with E-state index < -0.39 is 18.3 Å². The zero-order valence-corrected chi connectivity index (χ0v) is 12.1. The summed E-state index contributed by atoms with van der Waals surface area (Å²) in [6.07, 6.45) is -1.14. The molecule has 0 saturated carbocycles. The highest BCUT2D eigenvalue weighted by atomic mass is 35.5. The summed E-state index contributed by atoms with van der Waals surface area (Å²) in [6.45, 7) is -1.03. The number of halogens is 4. The Labute approximate surface area is 126 Å². The van der Waals surface area contributed by atoms with E-state index in [1.165, 1.54) is 11.3 Å². The average molecular weight is 339 g/mol. The molecular weight excluding hydrogens is 329 g/mol. The van der Waals surface area contributed by atoms with Crippen LogP contribution in [0.5, 0.6) is 0 Å². The Morgan fingerprint density at radius 1 is 1.43 bits per heavy atom. The Hall–Kier alpha value is -1.61. The molecule has 0 amide bonds. The predicted octanol–water partition coefficient (Wildman–Crippen LogP) is 2.57. The molecule has 1 N–H and O–H groups in total. The quantitative estimate of drug-likeness (QED) is 0.910. The van der Waals surface area contributed by atoms with Crippen LogP contribution in [0.25, 0.3) is 0 Å². The standard InChI is InChI=1S/C11H10ClF3N4OS/c12-9-7(16-2-1-8-17-3-4-21-8)5-18-19(10(9)20)6-11(13,14)15/h3-5,16H,1-2,6H2. The van der Waals surface area contributed by atoms with Gasteiger partial charge in [0.2, 0.25) is 0 Å². The third-order valence-corrected chi connectivity index (χ3v) is 3.66. The van der Waals surface area contributed by atoms with Crippen LogP contribution in [0, 0.1) is 0 Å². The first-order chi connectivity index (χ1) is 9.87. The molecule has 0 aromatic carbocycles. The summed E-state index contributed by atoms with van der Waals surface area (Å²) in [5.74, 6) is 0. The Balaban J connectivity index is 2.04. The summed E-state index contributed by atoms with van der Waals surface area (Å²) >= 11 is 7.26. The molecule has 21 heavy (non-hydrogen) atoms. The molecule has 114 valence electrons. The first-order valence-corrected chi connectivity index (χ1v) is 7.07. The molecule has 0 aliphatic carbocycles. The lowest BCUT2D eigenvalue weighted by Crippen LogP contribution is -2.31. The molecule has 0 bridgehead atoms. The topological polar surface area (TPSA) is 59.8 Å². The van der Waals surface area contributed by atoms with Crippen LogP contribution >= 0.6 is 22.9 Å². The van der Waals surface area contributed by atoms with Gasteiger partial charge in [0.25, 0.3) is 5.56 Å². The number of rotatable bonds is 5. The third kappa shape index (κ3) is 4.43. The van der Waals surface area contributed by atoms with Gasteiger partial charge < -0.3 is 5.32 Å². The highest BCUT2D eigenvalue weighted by Gasteiger charge is 2.29. The van der Waals surface area contributed by atoms with Gasteiger partial charge in [0.05, 0.1) is 16.9 Å². The Morgan fingerprint density at radius 3 is 2.81 bits per heavy atom. The van der Waals surface area contributed by atoms with Crippen molar-refractivity contribution in [1.82, 2.24) is 14.8 Å². The predicted molar refractivity (Wildman–Crippen MR) is 73.9 cm³/mol. The van der Waals surface area contributed by atoms with E-state index in [0.717, 1.165) is 11.2 Å². The first kappa shape index (κ1) is 15.8. The SMILES string of the molecule is O=c1c(Cl)c(NCCc2nccs2)cnn1CC(F)(F)F. The molecular formula is C11H10ClF3N4OS. The first-order valence-electron chi connectivity index (χ1n) is 5.81. The number of hydrogen-bond donors (Lipinski definition) is 1. The number of aromatic nitrogens is 3. The van der Waals surface area contributed by atoms with Gasteiger partial charge in [-0.25, -0.2) is 9.67 Å². The van der Waals surface area contributed by atoms with Gasteiger partial charge in [0, 0.05) is 24.5 Å². The minimum atomic E-state index is -4.53. The highest BCUT2D eigenvalue weighted by molar-refractivity contribution is 7.09. The average Bonchev–Trinajstić information content (AvgIpc) is 2.89. The molecule has 2 rings (SSSR count). The summed E-state index contributed by atoms with van der Waals surface area (Å²) in [4.78, 5) is 15.8. The smallest absolute Gasteiger partial charge is 0.382 e. The zero-order valence-electron chi connectivity index (χ0n) is 10.5. The normalized spacial score (nSPS) is 11.6. The van der Waals surface area contributed by atoms with Crippen LogP contribution in [0.1, 0.15) is 5.01 Å². The summed E-state index contributed by atoms with van der Waals surface area (Å²) in [6, 6.07) is 0. The number of anilines is 1. The van der Waals surface area contributed by atoms with E-state index in [9.17, 15) is 18.0 Å². The van der Waals surface area contributed by atoms with E-state index in [4.69, 9.17) is 11.6 Å². The van der Waals surface area contributed by atoms with Crippen molar-refractivity contribution in [2.24, 2.45) is 0 Å². The summed E-state index contributed by atoms with van der Waals surface area (Å²) in [7, 11) is 0. The van der Waals surface area contributed by atoms with Crippen LogP contribution in [0.3, 0.4) is 0 Å². The van der Waals surface area contributed by atoms with Gasteiger partial charge in [0.15, 0.2) is 0 Å². The zero-order chi connectivity index (χ0) is 15.5. The van der Waals surface area contributed by atoms with Crippen LogP contribution in [0.4, 0.5) is 18.9 Å². The maximum absolute atomic E-state index is 12.2. The second-order valence-corrected chi connectivity index (χ2v) is 5.41. The van der Waals surface area contributed by atoms with Gasteiger partial charge in [-0.05, 0) is 0 Å². The van der Waals surface area contributed by atoms with E-state index in [0.29, 0.717) is 13.0 Å². The van der Waals surface area contributed by atoms with E-state index in [1.54, 1.807) is 6.20 Å². The van der Waals surface area contributed by atoms with Gasteiger partial charge in [0.1, 0.15) is 11.6 Å². The van der Waals surface area contributed by atoms with Crippen molar-refractivity contribution in [2.45, 2.75) is 19.1 Å². The van der Waals surface area contributed by atoms with Crippen molar-refractivity contribution in [3.63, 3.8) is 0 Å². The van der Waals surface area contributed by atoms with E-state index in [-0.39, 0.29) is 15.4 Å². The number of hydrogen-bond acceptors (Lipinski definition) is 5. The van der Waals surface area contributed by atoms with Crippen molar-refractivity contribution >= 4 is 28.6 Å². The van der Waals surface area contributed by atoms with E-state index in [1.807, 2.05) is 5.38 Å². The largest absolute Gasteiger partial charge is 0.408 e. The maximum Gasteiger partial charge on any atom is 0.408 e. The van der Waals surface area contributed by atoms with Gasteiger partial charge in [-0.3, -0.25) is 4.79 Å². The van der Waals surface area contributed by atoms with E-state index >= 15 is 0 Å². The molecule has 0 atom stereocenters. The lowest BCUT2D eigenvalue weighted by atomic mass is 10.4. The maximum atomic E-state index is 12.2. The fraction of sp³-hybridized carbons (Fsp3) is 0.364. The van der Waals surface area contributed by atoms with Crippen LogP contribution in [0.15, 0.2) is 22.6 Å². The van der Waals surface area contributed by atoms with E-state index in [2.05, 4.69) is 15.4 Å². The minimum absolute atomic E-state index is 0.205. The van der Waals surface area contributed by atoms with Crippen molar-refractivity contribution < 1.29 is 13.2 Å². The van der Waals surface area contributed by atoms with Crippen molar-refractivity contribution in [2.75, 3.05) is 11.9 Å². The third-order valence-electron chi connectivity index (χ3n) is 2.45. The Kier molecular flexibility index (Phi) is 4.84. The van der Waals surface area contributed by atoms with Crippen molar-refractivity contribution in [3.8, 4) is 0 Å². The number of nitrogens with one attached hydrogen (secondary N) is 1. The molecule has 0 unspecified atom stereocenters. The molecule has 2 heterocycles. The number of alkyl halides is 3. The van der Waals surface area contributed by atoms with Gasteiger partial charge in [-0.15, -0.1) is 11.3 Å². The van der Waals surface area contributed by atoms with Gasteiger partial charge >= 0.3 is 6.18 Å². The van der Waals surface area contributed by atoms with Crippen molar-refractivity contribution in [1.29, 1.82) is 0 Å². The molecule has 2 aromatic rings. The number of thiazole rings is 1. The van der Waals surface area contributed by atoms with Crippen LogP contribution in [-0.4, -0.2) is 27.5 Å². The molecule has 0 saturated heterocycles. The molecule has 10 heteroatoms. The highest BCUT2D eigenvalue weighted by Crippen LogP contribution is 2.19. The molecule has 0 radical (unpaired) electrons. The molecule has 0 aliphatic rings. The number of nitrogens with zero attached hydrogens (tertiary/aromatic N) is 3. The lowest BCUT2D eigenvalue weighted by Gasteiger charge is -2.11. The monoisotopic (exact) mass is 338 g/mol. The molecule has 5 nitrogen and oxygen atoms in total. The summed E-state index contributed by atoms with van der Waals surface area (Å²) in [5, 5.41) is 8.75. The fourth-order valence-corrected chi connectivity index (χ4v) is 2.38. The Morgan fingerprint density at radius 2 is 2.19 bits per heavy atom. The van der Waals surface area contributed by atoms with Crippen LogP contribution < -0.4 is 10.9 Å². The van der Waals surface area contributed by atoms with Crippen LogP contribution in [0.2, 0.25) is 5.02 Å². The van der Waals surface area contributed by atoms with Crippen LogP contribution in [-0.2, 0) is 13.0 Å². The lowest BCUT2D eigenvalue weighted by molar-refractivity contribution is -0.143. The molecule has 0 aliphatic heterocycles. The molecule has 0 spiro atoms. The van der Waals surface area contributed by atoms with Crippen molar-refractivity contribution in [3.05, 3.63) is 38.2 Å². The van der Waals surface area contributed by atoms with Gasteiger partial charge in [-0.2, -0.15) is 18.3 Å². The minimum Gasteiger partial charge on any atom is -0.382 e. The second-order valence-electron chi connectivity index (χ2n) is 4.05. The second kappa shape index (κ2) is 6.44. The fourth-order valence-electron chi connectivity index (χ4n) is 1.55. The molecule has 2 aromatic heterocycles. The molecule has 0 fully saturated rings. The van der Waals surface area contributed by atoms with Gasteiger partial charge in [-0.1, -0.05) is 11.6 Å². The Bertz CT molecular complexity index is 656. The summed E-state index contributed by atoms with van der Waals surface area (Å²) in [5.41, 5.74) is -0.773.